The molecule has 3 rings (SSSR count). The first kappa shape index (κ1) is 23.6. The Morgan fingerprint density at radius 1 is 0.844 bits per heavy atom. The molecule has 32 heavy (non-hydrogen) atoms. The monoisotopic (exact) mass is 458 g/mol. The fourth-order valence-corrected chi connectivity index (χ4v) is 3.26. The van der Waals surface area contributed by atoms with Crippen LogP contribution in [0.25, 0.3) is 22.8 Å². The fraction of sp³-hybridized carbons (Fsp3) is 0.450. The van der Waals surface area contributed by atoms with E-state index in [-0.39, 0.29) is 22.8 Å². The van der Waals surface area contributed by atoms with Gasteiger partial charge in [0.2, 0.25) is 0 Å². The number of hydrogen-bond acceptors (Lipinski definition) is 4. The van der Waals surface area contributed by atoms with Crippen LogP contribution in [0.1, 0.15) is 43.1 Å². The minimum absolute atomic E-state index is 0.0663. The van der Waals surface area contributed by atoms with Gasteiger partial charge in [0.15, 0.2) is 0 Å². The van der Waals surface area contributed by atoms with E-state index in [1.165, 1.54) is 0 Å². The number of halogens is 6. The van der Waals surface area contributed by atoms with E-state index in [1.807, 2.05) is 6.92 Å². The Hall–Kier alpha value is -3.05. The van der Waals surface area contributed by atoms with E-state index in [1.54, 1.807) is 25.1 Å². The molecule has 6 nitrogen and oxygen atoms in total. The molecule has 0 amide bonds. The van der Waals surface area contributed by atoms with Crippen LogP contribution < -0.4 is 15.1 Å². The summed E-state index contributed by atoms with van der Waals surface area (Å²) < 4.78 is 78.1. The molecule has 12 heteroatoms. The molecular formula is C20H20F6N6-2. The van der Waals surface area contributed by atoms with E-state index in [0.29, 0.717) is 17.7 Å². The van der Waals surface area contributed by atoms with Crippen molar-refractivity contribution in [3.05, 3.63) is 35.2 Å². The van der Waals surface area contributed by atoms with E-state index in [2.05, 4.69) is 25.4 Å². The summed E-state index contributed by atoms with van der Waals surface area (Å²) in [5, 5.41) is 13.6. The minimum atomic E-state index is -4.69. The zero-order valence-corrected chi connectivity index (χ0v) is 17.5. The highest BCUT2D eigenvalue weighted by Crippen LogP contribution is 2.37. The Labute approximate surface area is 180 Å². The van der Waals surface area contributed by atoms with Crippen molar-refractivity contribution in [2.75, 3.05) is 19.0 Å². The Morgan fingerprint density at radius 3 is 1.91 bits per heavy atom. The predicted octanol–water partition coefficient (Wildman–Crippen LogP) is 4.96. The highest BCUT2D eigenvalue weighted by molar-refractivity contribution is 5.79. The van der Waals surface area contributed by atoms with Gasteiger partial charge in [-0.1, -0.05) is 31.2 Å². The number of hydrogen-bond donors (Lipinski definition) is 0. The van der Waals surface area contributed by atoms with Gasteiger partial charge in [-0.3, -0.25) is 0 Å². The third-order valence-corrected chi connectivity index (χ3v) is 4.73. The number of aryl methyl sites for hydroxylation is 1. The van der Waals surface area contributed by atoms with Gasteiger partial charge in [-0.25, -0.2) is 4.98 Å². The summed E-state index contributed by atoms with van der Waals surface area (Å²) >= 11 is 0. The SMILES string of the molecule is CCCCCc1cc(-c2cc(C(F)(F)F)n[n-]2)nc(-c2cc(C(F)(F)F)n[n-]2)c1N(C)C. The molecule has 0 spiro atoms. The molecule has 0 aliphatic carbocycles. The van der Waals surface area contributed by atoms with Crippen LogP contribution in [-0.2, 0) is 18.8 Å². The van der Waals surface area contributed by atoms with Gasteiger partial charge in [-0.05, 0) is 36.6 Å². The smallest absolute Gasteiger partial charge is 0.431 e. The minimum Gasteiger partial charge on any atom is -0.573 e. The molecule has 0 fully saturated rings. The average Bonchev–Trinajstić information content (AvgIpc) is 3.36. The van der Waals surface area contributed by atoms with Gasteiger partial charge in [-0.2, -0.15) is 26.3 Å². The van der Waals surface area contributed by atoms with Crippen molar-refractivity contribution in [1.29, 1.82) is 0 Å². The molecular weight excluding hydrogens is 438 g/mol. The van der Waals surface area contributed by atoms with E-state index in [4.69, 9.17) is 0 Å². The highest BCUT2D eigenvalue weighted by atomic mass is 19.4. The summed E-state index contributed by atoms with van der Waals surface area (Å²) in [6, 6.07) is 3.13. The molecule has 0 aromatic carbocycles. The van der Waals surface area contributed by atoms with Crippen LogP contribution in [0.15, 0.2) is 18.2 Å². The van der Waals surface area contributed by atoms with Crippen molar-refractivity contribution in [3.8, 4) is 22.8 Å². The molecule has 0 aliphatic rings. The molecule has 0 saturated carbocycles. The topological polar surface area (TPSA) is 70.1 Å². The molecule has 0 radical (unpaired) electrons. The van der Waals surface area contributed by atoms with Gasteiger partial charge >= 0.3 is 12.4 Å². The first-order chi connectivity index (χ1) is 14.9. The van der Waals surface area contributed by atoms with Gasteiger partial charge in [-0.15, -0.1) is 0 Å². The van der Waals surface area contributed by atoms with Gasteiger partial charge in [0.1, 0.15) is 11.4 Å². The lowest BCUT2D eigenvalue weighted by molar-refractivity contribution is -0.142. The third-order valence-electron chi connectivity index (χ3n) is 4.73. The van der Waals surface area contributed by atoms with Crippen molar-refractivity contribution < 1.29 is 26.3 Å². The molecule has 0 N–H and O–H groups in total. The molecule has 3 heterocycles. The molecule has 0 aliphatic heterocycles. The van der Waals surface area contributed by atoms with Gasteiger partial charge in [0.05, 0.1) is 17.1 Å². The lowest BCUT2D eigenvalue weighted by Crippen LogP contribution is -2.15. The zero-order valence-electron chi connectivity index (χ0n) is 17.5. The van der Waals surface area contributed by atoms with Crippen molar-refractivity contribution in [1.82, 2.24) is 25.4 Å². The largest absolute Gasteiger partial charge is 0.573 e. The summed E-state index contributed by atoms with van der Waals surface area (Å²) in [7, 11) is 3.41. The molecule has 0 atom stereocenters. The van der Waals surface area contributed by atoms with E-state index in [0.717, 1.165) is 31.4 Å². The van der Waals surface area contributed by atoms with Crippen LogP contribution >= 0.6 is 0 Å². The van der Waals surface area contributed by atoms with E-state index in [9.17, 15) is 26.3 Å². The maximum atomic E-state index is 13.1. The number of aromatic nitrogens is 5. The summed E-state index contributed by atoms with van der Waals surface area (Å²) in [6.07, 6.45) is -6.20. The fourth-order valence-electron chi connectivity index (χ4n) is 3.26. The second-order valence-electron chi connectivity index (χ2n) is 7.44. The third kappa shape index (κ3) is 5.05. The van der Waals surface area contributed by atoms with Crippen molar-refractivity contribution >= 4 is 5.69 Å². The van der Waals surface area contributed by atoms with Crippen LogP contribution in [0.3, 0.4) is 0 Å². The van der Waals surface area contributed by atoms with Crippen molar-refractivity contribution in [2.45, 2.75) is 45.0 Å². The normalized spacial score (nSPS) is 12.4. The van der Waals surface area contributed by atoms with Gasteiger partial charge in [0, 0.05) is 14.1 Å². The van der Waals surface area contributed by atoms with Gasteiger partial charge < -0.3 is 25.3 Å². The Bertz CT molecular complexity index is 1060. The molecule has 3 aromatic rings. The average molecular weight is 458 g/mol. The van der Waals surface area contributed by atoms with Crippen LogP contribution in [0.2, 0.25) is 0 Å². The van der Waals surface area contributed by atoms with Gasteiger partial charge in [0.25, 0.3) is 0 Å². The van der Waals surface area contributed by atoms with E-state index >= 15 is 0 Å². The zero-order chi connectivity index (χ0) is 23.7. The van der Waals surface area contributed by atoms with Crippen LogP contribution in [0.4, 0.5) is 32.0 Å². The summed E-state index contributed by atoms with van der Waals surface area (Å²) in [4.78, 5) is 6.02. The summed E-state index contributed by atoms with van der Waals surface area (Å²) in [5.41, 5.74) is -1.23. The predicted molar refractivity (Wildman–Crippen MR) is 105 cm³/mol. The molecule has 3 aromatic heterocycles. The van der Waals surface area contributed by atoms with Crippen LogP contribution in [0, 0.1) is 0 Å². The number of nitrogens with zero attached hydrogens (tertiary/aromatic N) is 6. The summed E-state index contributed by atoms with van der Waals surface area (Å²) in [5.74, 6) is 0. The lowest BCUT2D eigenvalue weighted by atomic mass is 10.0. The summed E-state index contributed by atoms with van der Waals surface area (Å²) in [6.45, 7) is 2.02. The Balaban J connectivity index is 2.18. The standard InChI is InChI=1S/C20H20F6N6/c1-4-5-6-7-11-8-12(13-9-15(30-28-13)19(21,22)23)27-17(18(11)32(2)3)14-10-16(31-29-14)20(24,25)26/h8-10H,4-7H2,1-3H3/q-2. The maximum Gasteiger partial charge on any atom is 0.431 e. The molecule has 0 saturated heterocycles. The molecule has 0 unspecified atom stereocenters. The Morgan fingerprint density at radius 2 is 1.41 bits per heavy atom. The van der Waals surface area contributed by atoms with Crippen molar-refractivity contribution in [2.24, 2.45) is 0 Å². The lowest BCUT2D eigenvalue weighted by Gasteiger charge is -2.24. The Kier molecular flexibility index (Phi) is 6.51. The van der Waals surface area contributed by atoms with Crippen molar-refractivity contribution in [3.63, 3.8) is 0 Å². The number of unbranched alkanes of at least 4 members (excludes halogenated alkanes) is 2. The number of rotatable bonds is 7. The maximum absolute atomic E-state index is 13.1. The van der Waals surface area contributed by atoms with Crippen LogP contribution in [0.5, 0.6) is 0 Å². The number of pyridine rings is 1. The van der Waals surface area contributed by atoms with Crippen LogP contribution in [-0.4, -0.2) is 29.3 Å². The number of alkyl halides is 6. The number of anilines is 1. The highest BCUT2D eigenvalue weighted by Gasteiger charge is 2.32. The first-order valence-corrected chi connectivity index (χ1v) is 9.79. The second kappa shape index (κ2) is 8.83. The first-order valence-electron chi connectivity index (χ1n) is 9.79. The second-order valence-corrected chi connectivity index (χ2v) is 7.44. The molecule has 174 valence electrons. The molecule has 0 bridgehead atoms. The quantitative estimate of drug-likeness (QED) is 0.368. The van der Waals surface area contributed by atoms with E-state index < -0.39 is 23.7 Å².